The first kappa shape index (κ1) is 11.3. The van der Waals surface area contributed by atoms with Crippen LogP contribution in [0.2, 0.25) is 0 Å². The predicted octanol–water partition coefficient (Wildman–Crippen LogP) is 2.27. The summed E-state index contributed by atoms with van der Waals surface area (Å²) in [5.74, 6) is 0.836. The Bertz CT molecular complexity index is 598. The van der Waals surface area contributed by atoms with E-state index in [2.05, 4.69) is 38.5 Å². The summed E-state index contributed by atoms with van der Waals surface area (Å²) in [6, 6.07) is 8.39. The maximum atomic E-state index is 4.62. The smallest absolute Gasteiger partial charge is 0.138 e. The van der Waals surface area contributed by atoms with E-state index in [-0.39, 0.29) is 6.04 Å². The van der Waals surface area contributed by atoms with Crippen molar-refractivity contribution >= 4 is 21.6 Å². The molecule has 1 atom stereocenters. The lowest BCUT2D eigenvalue weighted by Crippen LogP contribution is -2.18. The number of fused-ring (bicyclic) bond motifs is 1. The Kier molecular flexibility index (Phi) is 3.04. The molecule has 92 valence electrons. The second-order valence-corrected chi connectivity index (χ2v) is 5.12. The van der Waals surface area contributed by atoms with Crippen molar-refractivity contribution in [2.75, 3.05) is 0 Å². The zero-order valence-corrected chi connectivity index (χ0v) is 10.7. The molecule has 2 N–H and O–H groups in total. The Morgan fingerprint density at radius 3 is 3.06 bits per heavy atom. The number of nitrogens with zero attached hydrogens (tertiary/aromatic N) is 3. The van der Waals surface area contributed by atoms with Crippen LogP contribution < -0.4 is 5.32 Å². The number of benzene rings is 1. The first-order valence-electron chi connectivity index (χ1n) is 5.76. The van der Waals surface area contributed by atoms with E-state index in [1.807, 2.05) is 18.2 Å². The van der Waals surface area contributed by atoms with E-state index < -0.39 is 0 Å². The Labute approximate surface area is 108 Å². The lowest BCUT2D eigenvalue weighted by Gasteiger charge is -2.08. The molecule has 0 spiro atoms. The molecule has 2 aromatic heterocycles. The van der Waals surface area contributed by atoms with Crippen LogP contribution >= 0.6 is 11.3 Å². The first-order chi connectivity index (χ1) is 8.83. The highest BCUT2D eigenvalue weighted by Crippen LogP contribution is 2.25. The van der Waals surface area contributed by atoms with Gasteiger partial charge in [-0.2, -0.15) is 5.10 Å². The van der Waals surface area contributed by atoms with Gasteiger partial charge in [0.15, 0.2) is 0 Å². The fraction of sp³-hybridized carbons (Fsp3) is 0.250. The number of aromatic amines is 1. The molecule has 0 fully saturated rings. The van der Waals surface area contributed by atoms with Gasteiger partial charge in [-0.3, -0.25) is 5.10 Å². The number of rotatable bonds is 4. The molecule has 0 saturated carbocycles. The van der Waals surface area contributed by atoms with Gasteiger partial charge in [0.05, 0.1) is 22.8 Å². The van der Waals surface area contributed by atoms with E-state index in [0.29, 0.717) is 6.54 Å². The third kappa shape index (κ3) is 2.25. The second-order valence-electron chi connectivity index (χ2n) is 4.05. The minimum absolute atomic E-state index is 0.201. The molecule has 0 aliphatic heterocycles. The highest BCUT2D eigenvalue weighted by Gasteiger charge is 2.11. The van der Waals surface area contributed by atoms with Crippen molar-refractivity contribution in [2.45, 2.75) is 19.5 Å². The van der Waals surface area contributed by atoms with Gasteiger partial charge in [0.25, 0.3) is 0 Å². The molecular formula is C12H13N5S. The van der Waals surface area contributed by atoms with Crippen molar-refractivity contribution in [1.82, 2.24) is 25.5 Å². The zero-order valence-electron chi connectivity index (χ0n) is 9.92. The molecular weight excluding hydrogens is 246 g/mol. The Morgan fingerprint density at radius 1 is 1.39 bits per heavy atom. The molecule has 0 aliphatic carbocycles. The molecule has 3 aromatic rings. The summed E-state index contributed by atoms with van der Waals surface area (Å²) in [6.45, 7) is 2.77. The van der Waals surface area contributed by atoms with Gasteiger partial charge < -0.3 is 5.32 Å². The summed E-state index contributed by atoms with van der Waals surface area (Å²) in [5.41, 5.74) is 1.06. The van der Waals surface area contributed by atoms with Gasteiger partial charge in [-0.25, -0.2) is 9.97 Å². The van der Waals surface area contributed by atoms with Crippen LogP contribution in [0.5, 0.6) is 0 Å². The summed E-state index contributed by atoms with van der Waals surface area (Å²) >= 11 is 1.72. The van der Waals surface area contributed by atoms with E-state index in [1.54, 1.807) is 11.3 Å². The molecule has 5 nitrogen and oxygen atoms in total. The quantitative estimate of drug-likeness (QED) is 0.754. The lowest BCUT2D eigenvalue weighted by molar-refractivity contribution is 0.558. The third-order valence-electron chi connectivity index (χ3n) is 2.72. The zero-order chi connectivity index (χ0) is 12.4. The van der Waals surface area contributed by atoms with Gasteiger partial charge in [0, 0.05) is 0 Å². The number of para-hydroxylation sites is 1. The average molecular weight is 259 g/mol. The molecule has 6 heteroatoms. The molecule has 1 aromatic carbocycles. The number of H-pyrrole nitrogens is 1. The van der Waals surface area contributed by atoms with Crippen LogP contribution in [0.25, 0.3) is 10.2 Å². The maximum Gasteiger partial charge on any atom is 0.138 e. The molecule has 0 saturated heterocycles. The van der Waals surface area contributed by atoms with Gasteiger partial charge >= 0.3 is 0 Å². The molecule has 1 unspecified atom stereocenters. The lowest BCUT2D eigenvalue weighted by atomic mass is 10.3. The van der Waals surface area contributed by atoms with Crippen LogP contribution in [0, 0.1) is 0 Å². The molecule has 0 aliphatic rings. The Balaban J connectivity index is 1.73. The second kappa shape index (κ2) is 4.83. The van der Waals surface area contributed by atoms with Crippen molar-refractivity contribution in [3.05, 3.63) is 41.4 Å². The molecule has 0 amide bonds. The Morgan fingerprint density at radius 2 is 2.28 bits per heavy atom. The molecule has 3 rings (SSSR count). The van der Waals surface area contributed by atoms with Crippen molar-refractivity contribution in [3.8, 4) is 0 Å². The van der Waals surface area contributed by atoms with Crippen molar-refractivity contribution < 1.29 is 0 Å². The van der Waals surface area contributed by atoms with Gasteiger partial charge in [-0.15, -0.1) is 11.3 Å². The van der Waals surface area contributed by atoms with Crippen LogP contribution in [-0.4, -0.2) is 20.2 Å². The van der Waals surface area contributed by atoms with Gasteiger partial charge in [-0.1, -0.05) is 12.1 Å². The summed E-state index contributed by atoms with van der Waals surface area (Å²) in [5, 5.41) is 11.1. The summed E-state index contributed by atoms with van der Waals surface area (Å²) < 4.78 is 1.22. The minimum atomic E-state index is 0.201. The molecule has 0 radical (unpaired) electrons. The van der Waals surface area contributed by atoms with E-state index in [0.717, 1.165) is 16.3 Å². The van der Waals surface area contributed by atoms with E-state index in [9.17, 15) is 0 Å². The van der Waals surface area contributed by atoms with E-state index in [4.69, 9.17) is 0 Å². The Hall–Kier alpha value is -1.79. The number of hydrogen-bond donors (Lipinski definition) is 2. The monoisotopic (exact) mass is 259 g/mol. The molecule has 2 heterocycles. The van der Waals surface area contributed by atoms with Crippen LogP contribution in [0.1, 0.15) is 23.8 Å². The third-order valence-corrected chi connectivity index (χ3v) is 3.94. The van der Waals surface area contributed by atoms with Gasteiger partial charge in [0.2, 0.25) is 0 Å². The summed E-state index contributed by atoms with van der Waals surface area (Å²) in [7, 11) is 0. The largest absolute Gasteiger partial charge is 0.301 e. The topological polar surface area (TPSA) is 66.5 Å². The molecule has 0 bridgehead atoms. The van der Waals surface area contributed by atoms with Crippen molar-refractivity contribution in [3.63, 3.8) is 0 Å². The number of nitrogens with one attached hydrogen (secondary N) is 2. The predicted molar refractivity (Wildman–Crippen MR) is 71.3 cm³/mol. The van der Waals surface area contributed by atoms with Crippen LogP contribution in [0.15, 0.2) is 30.6 Å². The minimum Gasteiger partial charge on any atom is -0.301 e. The van der Waals surface area contributed by atoms with E-state index >= 15 is 0 Å². The first-order valence-corrected chi connectivity index (χ1v) is 6.57. The number of aromatic nitrogens is 4. The molecule has 18 heavy (non-hydrogen) atoms. The summed E-state index contributed by atoms with van der Waals surface area (Å²) in [6.07, 6.45) is 1.51. The number of hydrogen-bond acceptors (Lipinski definition) is 5. The van der Waals surface area contributed by atoms with Crippen LogP contribution in [0.3, 0.4) is 0 Å². The fourth-order valence-electron chi connectivity index (χ4n) is 1.73. The standard InChI is InChI=1S/C12H13N5S/c1-8(13-6-11-14-7-15-17-11)12-16-9-4-2-3-5-10(9)18-12/h2-5,7-8,13H,6H2,1H3,(H,14,15,17). The van der Waals surface area contributed by atoms with E-state index in [1.165, 1.54) is 11.0 Å². The van der Waals surface area contributed by atoms with Crippen LogP contribution in [-0.2, 0) is 6.54 Å². The van der Waals surface area contributed by atoms with Crippen molar-refractivity contribution in [1.29, 1.82) is 0 Å². The fourth-order valence-corrected chi connectivity index (χ4v) is 2.72. The van der Waals surface area contributed by atoms with Gasteiger partial charge in [0.1, 0.15) is 17.2 Å². The van der Waals surface area contributed by atoms with Gasteiger partial charge in [-0.05, 0) is 19.1 Å². The SMILES string of the molecule is CC(NCc1ncn[nH]1)c1nc2ccccc2s1. The highest BCUT2D eigenvalue weighted by atomic mass is 32.1. The average Bonchev–Trinajstić information content (AvgIpc) is 3.04. The van der Waals surface area contributed by atoms with Crippen molar-refractivity contribution in [2.24, 2.45) is 0 Å². The maximum absolute atomic E-state index is 4.62. The van der Waals surface area contributed by atoms with Crippen LogP contribution in [0.4, 0.5) is 0 Å². The number of thiazole rings is 1. The highest BCUT2D eigenvalue weighted by molar-refractivity contribution is 7.18. The normalized spacial score (nSPS) is 12.9. The summed E-state index contributed by atoms with van der Waals surface area (Å²) in [4.78, 5) is 8.70.